The summed E-state index contributed by atoms with van der Waals surface area (Å²) in [6.07, 6.45) is -0.182. The van der Waals surface area contributed by atoms with Crippen LogP contribution in [0, 0.1) is 11.8 Å². The Kier molecular flexibility index (Phi) is 8.94. The average molecular weight is 358 g/mol. The number of hydrogen-bond acceptors (Lipinski definition) is 5. The maximum absolute atomic E-state index is 12.9. The fourth-order valence-electron chi connectivity index (χ4n) is 2.32. The fraction of sp³-hybridized carbons (Fsp3) is 0.833. The van der Waals surface area contributed by atoms with Crippen LogP contribution in [-0.2, 0) is 19.1 Å². The first-order valence-corrected chi connectivity index (χ1v) is 8.64. The Morgan fingerprint density at radius 3 is 1.96 bits per heavy atom. The molecule has 0 saturated carbocycles. The van der Waals surface area contributed by atoms with E-state index in [0.29, 0.717) is 6.42 Å². The maximum atomic E-state index is 12.9. The lowest BCUT2D eigenvalue weighted by atomic mass is 9.99. The van der Waals surface area contributed by atoms with E-state index in [0.717, 1.165) is 0 Å². The number of alkyl carbamates (subject to hydrolysis) is 1. The van der Waals surface area contributed by atoms with Gasteiger partial charge < -0.3 is 19.7 Å². The second-order valence-corrected chi connectivity index (χ2v) is 7.99. The molecule has 0 rings (SSSR count). The van der Waals surface area contributed by atoms with E-state index in [1.165, 1.54) is 12.0 Å². The minimum atomic E-state index is -0.792. The zero-order chi connectivity index (χ0) is 19.9. The van der Waals surface area contributed by atoms with Crippen LogP contribution in [0.15, 0.2) is 0 Å². The van der Waals surface area contributed by atoms with Crippen molar-refractivity contribution in [2.24, 2.45) is 11.8 Å². The summed E-state index contributed by atoms with van der Waals surface area (Å²) in [6.45, 7) is 12.8. The molecule has 0 radical (unpaired) electrons. The van der Waals surface area contributed by atoms with Crippen molar-refractivity contribution in [2.45, 2.75) is 72.6 Å². The smallest absolute Gasteiger partial charge is 0.408 e. The third-order valence-corrected chi connectivity index (χ3v) is 3.59. The summed E-state index contributed by atoms with van der Waals surface area (Å²) in [6, 6.07) is -1.49. The van der Waals surface area contributed by atoms with Gasteiger partial charge in [-0.1, -0.05) is 27.7 Å². The Labute approximate surface area is 151 Å². The van der Waals surface area contributed by atoms with E-state index >= 15 is 0 Å². The largest absolute Gasteiger partial charge is 0.467 e. The average Bonchev–Trinajstić information content (AvgIpc) is 2.45. The summed E-state index contributed by atoms with van der Waals surface area (Å²) in [5.74, 6) is -0.781. The molecule has 0 bridgehead atoms. The van der Waals surface area contributed by atoms with Gasteiger partial charge in [0.15, 0.2) is 0 Å². The standard InChI is InChI=1S/C18H34N2O5/c1-11(2)10-13(16(22)24-9)20(8)15(21)14(12(3)4)19-17(23)25-18(5,6)7/h11-14H,10H2,1-9H3,(H,19,23)/t13-,14-/m0/s1. The normalized spacial score (nSPS) is 14.0. The Balaban J connectivity index is 5.29. The zero-order valence-corrected chi connectivity index (χ0v) is 17.0. The first kappa shape index (κ1) is 23.2. The van der Waals surface area contributed by atoms with Crippen LogP contribution < -0.4 is 5.32 Å². The number of methoxy groups -OCH3 is 1. The number of nitrogens with zero attached hydrogens (tertiary/aromatic N) is 1. The van der Waals surface area contributed by atoms with E-state index in [-0.39, 0.29) is 17.7 Å². The maximum Gasteiger partial charge on any atom is 0.408 e. The van der Waals surface area contributed by atoms with Gasteiger partial charge in [-0.05, 0) is 39.0 Å². The summed E-state index contributed by atoms with van der Waals surface area (Å²) in [4.78, 5) is 38.3. The van der Waals surface area contributed by atoms with Crippen molar-refractivity contribution in [1.82, 2.24) is 10.2 Å². The molecular formula is C18H34N2O5. The molecule has 25 heavy (non-hydrogen) atoms. The minimum Gasteiger partial charge on any atom is -0.467 e. The van der Waals surface area contributed by atoms with Crippen LogP contribution in [0.3, 0.4) is 0 Å². The predicted molar refractivity (Wildman–Crippen MR) is 96.0 cm³/mol. The van der Waals surface area contributed by atoms with Crippen LogP contribution in [-0.4, -0.2) is 54.7 Å². The number of carbonyl (C=O) groups excluding carboxylic acids is 3. The molecule has 0 heterocycles. The zero-order valence-electron chi connectivity index (χ0n) is 17.0. The van der Waals surface area contributed by atoms with Crippen LogP contribution in [0.25, 0.3) is 0 Å². The number of esters is 1. The Bertz CT molecular complexity index is 469. The molecule has 0 aromatic carbocycles. The number of nitrogens with one attached hydrogen (secondary N) is 1. The van der Waals surface area contributed by atoms with Gasteiger partial charge in [0.1, 0.15) is 17.7 Å². The van der Waals surface area contributed by atoms with Crippen LogP contribution in [0.2, 0.25) is 0 Å². The molecule has 1 N–H and O–H groups in total. The van der Waals surface area contributed by atoms with Gasteiger partial charge in [0.2, 0.25) is 5.91 Å². The highest BCUT2D eigenvalue weighted by Gasteiger charge is 2.35. The predicted octanol–water partition coefficient (Wildman–Crippen LogP) is 2.58. The first-order valence-electron chi connectivity index (χ1n) is 8.64. The Morgan fingerprint density at radius 1 is 1.08 bits per heavy atom. The van der Waals surface area contributed by atoms with E-state index in [2.05, 4.69) is 5.32 Å². The molecule has 7 heteroatoms. The van der Waals surface area contributed by atoms with Gasteiger partial charge in [-0.25, -0.2) is 9.59 Å². The summed E-state index contributed by atoms with van der Waals surface area (Å²) < 4.78 is 10.1. The number of hydrogen-bond donors (Lipinski definition) is 1. The third kappa shape index (κ3) is 8.23. The fourth-order valence-corrected chi connectivity index (χ4v) is 2.32. The van der Waals surface area contributed by atoms with E-state index in [4.69, 9.17) is 9.47 Å². The molecule has 2 amide bonds. The van der Waals surface area contributed by atoms with Crippen LogP contribution in [0.4, 0.5) is 4.79 Å². The molecule has 0 aromatic rings. The van der Waals surface area contributed by atoms with E-state index in [1.807, 2.05) is 27.7 Å². The van der Waals surface area contributed by atoms with Gasteiger partial charge in [0.25, 0.3) is 0 Å². The lowest BCUT2D eigenvalue weighted by Gasteiger charge is -2.32. The highest BCUT2D eigenvalue weighted by atomic mass is 16.6. The number of likely N-dealkylation sites (N-methyl/N-ethyl adjacent to an activating group) is 1. The van der Waals surface area contributed by atoms with Gasteiger partial charge in [-0.2, -0.15) is 0 Å². The van der Waals surface area contributed by atoms with E-state index in [1.54, 1.807) is 27.8 Å². The molecule has 0 aliphatic carbocycles. The highest BCUT2D eigenvalue weighted by molar-refractivity contribution is 5.89. The van der Waals surface area contributed by atoms with E-state index < -0.39 is 29.7 Å². The lowest BCUT2D eigenvalue weighted by Crippen LogP contribution is -2.55. The van der Waals surface area contributed by atoms with Crippen LogP contribution in [0.5, 0.6) is 0 Å². The van der Waals surface area contributed by atoms with Crippen LogP contribution in [0.1, 0.15) is 54.9 Å². The molecule has 7 nitrogen and oxygen atoms in total. The molecular weight excluding hydrogens is 324 g/mol. The molecule has 0 fully saturated rings. The number of carbonyl (C=O) groups is 3. The molecule has 0 spiro atoms. The van der Waals surface area contributed by atoms with Crippen LogP contribution >= 0.6 is 0 Å². The second kappa shape index (κ2) is 9.63. The molecule has 146 valence electrons. The van der Waals surface area contributed by atoms with Crippen molar-refractivity contribution in [3.63, 3.8) is 0 Å². The van der Waals surface area contributed by atoms with Gasteiger partial charge in [-0.3, -0.25) is 4.79 Å². The third-order valence-electron chi connectivity index (χ3n) is 3.59. The van der Waals surface area contributed by atoms with Crippen molar-refractivity contribution in [3.05, 3.63) is 0 Å². The topological polar surface area (TPSA) is 84.9 Å². The van der Waals surface area contributed by atoms with Gasteiger partial charge in [-0.15, -0.1) is 0 Å². The summed E-state index contributed by atoms with van der Waals surface area (Å²) in [5, 5.41) is 2.61. The van der Waals surface area contributed by atoms with Crippen molar-refractivity contribution in [1.29, 1.82) is 0 Å². The number of rotatable bonds is 7. The number of ether oxygens (including phenoxy) is 2. The second-order valence-electron chi connectivity index (χ2n) is 7.99. The minimum absolute atomic E-state index is 0.167. The quantitative estimate of drug-likeness (QED) is 0.707. The molecule has 0 saturated heterocycles. The molecule has 0 aliphatic heterocycles. The molecule has 2 atom stereocenters. The highest BCUT2D eigenvalue weighted by Crippen LogP contribution is 2.16. The van der Waals surface area contributed by atoms with Crippen molar-refractivity contribution in [3.8, 4) is 0 Å². The van der Waals surface area contributed by atoms with Crippen molar-refractivity contribution in [2.75, 3.05) is 14.2 Å². The summed E-state index contributed by atoms with van der Waals surface area (Å²) in [5.41, 5.74) is -0.660. The van der Waals surface area contributed by atoms with Crippen molar-refractivity contribution < 1.29 is 23.9 Å². The summed E-state index contributed by atoms with van der Waals surface area (Å²) >= 11 is 0. The Morgan fingerprint density at radius 2 is 1.60 bits per heavy atom. The van der Waals surface area contributed by atoms with Gasteiger partial charge in [0.05, 0.1) is 7.11 Å². The van der Waals surface area contributed by atoms with Gasteiger partial charge >= 0.3 is 12.1 Å². The Hall–Kier alpha value is -1.79. The first-order chi connectivity index (χ1) is 11.3. The molecule has 0 aromatic heterocycles. The van der Waals surface area contributed by atoms with Gasteiger partial charge in [0, 0.05) is 7.05 Å². The molecule has 0 aliphatic rings. The lowest BCUT2D eigenvalue weighted by molar-refractivity contribution is -0.153. The van der Waals surface area contributed by atoms with E-state index in [9.17, 15) is 14.4 Å². The monoisotopic (exact) mass is 358 g/mol. The molecule has 0 unspecified atom stereocenters. The van der Waals surface area contributed by atoms with Crippen molar-refractivity contribution >= 4 is 18.0 Å². The SMILES string of the molecule is COC(=O)[C@H](CC(C)C)N(C)C(=O)[C@@H](NC(=O)OC(C)(C)C)C(C)C. The number of amides is 2. The summed E-state index contributed by atoms with van der Waals surface area (Å²) in [7, 11) is 2.85.